The van der Waals surface area contributed by atoms with Crippen LogP contribution in [0.2, 0.25) is 0 Å². The summed E-state index contributed by atoms with van der Waals surface area (Å²) in [5.74, 6) is -0.552. The first kappa shape index (κ1) is 14.1. The Labute approximate surface area is 120 Å². The van der Waals surface area contributed by atoms with Crippen molar-refractivity contribution in [3.05, 3.63) is 53.8 Å². The molecule has 2 aromatic rings. The fourth-order valence-corrected chi connectivity index (χ4v) is 2.41. The van der Waals surface area contributed by atoms with Crippen LogP contribution < -0.4 is 5.32 Å². The van der Waals surface area contributed by atoms with Gasteiger partial charge < -0.3 is 5.32 Å². The first-order valence-corrected chi connectivity index (χ1v) is 6.65. The Bertz CT molecular complexity index is 677. The standard InChI is InChI=1S/C15H11FN2OS/c1-10(19)18-12-3-5-13(6-4-12)20-15-7-2-11(9-17)8-14(15)16/h2-8H,1H3,(H,18,19). The van der Waals surface area contributed by atoms with Crippen LogP contribution in [0.4, 0.5) is 10.1 Å². The number of nitrogens with one attached hydrogen (secondary N) is 1. The predicted octanol–water partition coefficient (Wildman–Crippen LogP) is 3.81. The monoisotopic (exact) mass is 286 g/mol. The zero-order valence-corrected chi connectivity index (χ0v) is 11.5. The third-order valence-electron chi connectivity index (χ3n) is 2.46. The second-order valence-corrected chi connectivity index (χ2v) is 5.18. The Morgan fingerprint density at radius 2 is 1.95 bits per heavy atom. The molecule has 20 heavy (non-hydrogen) atoms. The van der Waals surface area contributed by atoms with E-state index >= 15 is 0 Å². The lowest BCUT2D eigenvalue weighted by molar-refractivity contribution is -0.114. The Morgan fingerprint density at radius 3 is 2.50 bits per heavy atom. The van der Waals surface area contributed by atoms with Gasteiger partial charge in [0.25, 0.3) is 0 Å². The van der Waals surface area contributed by atoms with Crippen molar-refractivity contribution >= 4 is 23.4 Å². The van der Waals surface area contributed by atoms with E-state index in [0.29, 0.717) is 16.1 Å². The molecule has 0 saturated carbocycles. The van der Waals surface area contributed by atoms with E-state index in [0.717, 1.165) is 4.90 Å². The van der Waals surface area contributed by atoms with E-state index in [4.69, 9.17) is 5.26 Å². The number of hydrogen-bond acceptors (Lipinski definition) is 3. The first-order valence-electron chi connectivity index (χ1n) is 5.83. The summed E-state index contributed by atoms with van der Waals surface area (Å²) in [6, 6.07) is 13.4. The van der Waals surface area contributed by atoms with Crippen LogP contribution in [0.5, 0.6) is 0 Å². The number of halogens is 1. The van der Waals surface area contributed by atoms with Crippen molar-refractivity contribution in [3.8, 4) is 6.07 Å². The zero-order chi connectivity index (χ0) is 14.5. The van der Waals surface area contributed by atoms with Crippen LogP contribution in [0, 0.1) is 17.1 Å². The molecule has 0 aliphatic carbocycles. The molecule has 0 radical (unpaired) electrons. The van der Waals surface area contributed by atoms with Crippen LogP contribution in [0.1, 0.15) is 12.5 Å². The number of carbonyl (C=O) groups is 1. The van der Waals surface area contributed by atoms with Gasteiger partial charge in [-0.25, -0.2) is 4.39 Å². The number of anilines is 1. The van der Waals surface area contributed by atoms with E-state index in [1.165, 1.54) is 24.8 Å². The van der Waals surface area contributed by atoms with Gasteiger partial charge in [-0.3, -0.25) is 4.79 Å². The lowest BCUT2D eigenvalue weighted by Gasteiger charge is -2.05. The molecule has 0 aliphatic heterocycles. The molecule has 1 amide bonds. The molecule has 0 bridgehead atoms. The van der Waals surface area contributed by atoms with E-state index in [-0.39, 0.29) is 5.91 Å². The van der Waals surface area contributed by atoms with Gasteiger partial charge in [-0.2, -0.15) is 5.26 Å². The van der Waals surface area contributed by atoms with Crippen LogP contribution in [-0.2, 0) is 4.79 Å². The highest BCUT2D eigenvalue weighted by atomic mass is 32.2. The quantitative estimate of drug-likeness (QED) is 0.933. The van der Waals surface area contributed by atoms with Crippen molar-refractivity contribution in [2.24, 2.45) is 0 Å². The molecular formula is C15H11FN2OS. The average Bonchev–Trinajstić information content (AvgIpc) is 2.42. The maximum absolute atomic E-state index is 13.7. The van der Waals surface area contributed by atoms with Gasteiger partial charge in [0.05, 0.1) is 11.6 Å². The smallest absolute Gasteiger partial charge is 0.221 e. The molecule has 0 fully saturated rings. The van der Waals surface area contributed by atoms with Gasteiger partial charge in [-0.1, -0.05) is 11.8 Å². The number of carbonyl (C=O) groups excluding carboxylic acids is 1. The van der Waals surface area contributed by atoms with Crippen molar-refractivity contribution in [1.82, 2.24) is 0 Å². The van der Waals surface area contributed by atoms with Crippen LogP contribution in [-0.4, -0.2) is 5.91 Å². The Hall–Kier alpha value is -2.32. The summed E-state index contributed by atoms with van der Waals surface area (Å²) < 4.78 is 13.7. The highest BCUT2D eigenvalue weighted by molar-refractivity contribution is 7.99. The minimum absolute atomic E-state index is 0.136. The van der Waals surface area contributed by atoms with Crippen molar-refractivity contribution in [3.63, 3.8) is 0 Å². The first-order chi connectivity index (χ1) is 9.58. The van der Waals surface area contributed by atoms with Crippen molar-refractivity contribution in [2.45, 2.75) is 16.7 Å². The van der Waals surface area contributed by atoms with Gasteiger partial charge in [0.2, 0.25) is 5.91 Å². The van der Waals surface area contributed by atoms with Crippen LogP contribution in [0.25, 0.3) is 0 Å². The molecule has 0 heterocycles. The Kier molecular flexibility index (Phi) is 4.38. The lowest BCUT2D eigenvalue weighted by Crippen LogP contribution is -2.05. The maximum Gasteiger partial charge on any atom is 0.221 e. The van der Waals surface area contributed by atoms with Crippen LogP contribution >= 0.6 is 11.8 Å². The average molecular weight is 286 g/mol. The molecule has 100 valence electrons. The minimum atomic E-state index is -0.417. The van der Waals surface area contributed by atoms with Gasteiger partial charge in [-0.05, 0) is 42.5 Å². The second-order valence-electron chi connectivity index (χ2n) is 4.06. The summed E-state index contributed by atoms with van der Waals surface area (Å²) in [4.78, 5) is 12.2. The van der Waals surface area contributed by atoms with Gasteiger partial charge in [0.15, 0.2) is 0 Å². The molecule has 1 N–H and O–H groups in total. The van der Waals surface area contributed by atoms with Crippen molar-refractivity contribution < 1.29 is 9.18 Å². The number of benzene rings is 2. The maximum atomic E-state index is 13.7. The second kappa shape index (κ2) is 6.22. The highest BCUT2D eigenvalue weighted by Gasteiger charge is 2.06. The van der Waals surface area contributed by atoms with Crippen molar-refractivity contribution in [2.75, 3.05) is 5.32 Å². The van der Waals surface area contributed by atoms with E-state index in [1.807, 2.05) is 6.07 Å². The molecule has 0 aromatic heterocycles. The molecule has 2 aromatic carbocycles. The summed E-state index contributed by atoms with van der Waals surface area (Å²) in [6.45, 7) is 1.44. The lowest BCUT2D eigenvalue weighted by atomic mass is 10.2. The molecule has 5 heteroatoms. The summed E-state index contributed by atoms with van der Waals surface area (Å²) >= 11 is 1.26. The molecule has 0 spiro atoms. The number of rotatable bonds is 3. The molecular weight excluding hydrogens is 275 g/mol. The van der Waals surface area contributed by atoms with Crippen LogP contribution in [0.3, 0.4) is 0 Å². The Morgan fingerprint density at radius 1 is 1.25 bits per heavy atom. The fraction of sp³-hybridized carbons (Fsp3) is 0.0667. The zero-order valence-electron chi connectivity index (χ0n) is 10.7. The molecule has 0 atom stereocenters. The topological polar surface area (TPSA) is 52.9 Å². The summed E-state index contributed by atoms with van der Waals surface area (Å²) in [5, 5.41) is 11.4. The third-order valence-corrected chi connectivity index (χ3v) is 3.52. The fourth-order valence-electron chi connectivity index (χ4n) is 1.59. The summed E-state index contributed by atoms with van der Waals surface area (Å²) in [5.41, 5.74) is 0.995. The van der Waals surface area contributed by atoms with Gasteiger partial charge >= 0.3 is 0 Å². The number of hydrogen-bond donors (Lipinski definition) is 1. The van der Waals surface area contributed by atoms with Crippen LogP contribution in [0.15, 0.2) is 52.3 Å². The molecule has 0 aliphatic rings. The number of amides is 1. The molecule has 0 saturated heterocycles. The highest BCUT2D eigenvalue weighted by Crippen LogP contribution is 2.30. The van der Waals surface area contributed by atoms with E-state index in [9.17, 15) is 9.18 Å². The molecule has 3 nitrogen and oxygen atoms in total. The predicted molar refractivity (Wildman–Crippen MR) is 76.0 cm³/mol. The number of nitriles is 1. The van der Waals surface area contributed by atoms with Crippen molar-refractivity contribution in [1.29, 1.82) is 5.26 Å². The summed E-state index contributed by atoms with van der Waals surface area (Å²) in [7, 11) is 0. The van der Waals surface area contributed by atoms with Gasteiger partial charge in [-0.15, -0.1) is 0 Å². The summed E-state index contributed by atoms with van der Waals surface area (Å²) in [6.07, 6.45) is 0. The normalized spacial score (nSPS) is 9.85. The largest absolute Gasteiger partial charge is 0.326 e. The van der Waals surface area contributed by atoms with Gasteiger partial charge in [0.1, 0.15) is 5.82 Å². The Balaban J connectivity index is 2.14. The molecule has 2 rings (SSSR count). The van der Waals surface area contributed by atoms with Gasteiger partial charge in [0, 0.05) is 22.4 Å². The van der Waals surface area contributed by atoms with E-state index < -0.39 is 5.82 Å². The number of nitrogens with zero attached hydrogens (tertiary/aromatic N) is 1. The van der Waals surface area contributed by atoms with E-state index in [2.05, 4.69) is 5.32 Å². The SMILES string of the molecule is CC(=O)Nc1ccc(Sc2ccc(C#N)cc2F)cc1. The minimum Gasteiger partial charge on any atom is -0.326 e. The third kappa shape index (κ3) is 3.59. The molecule has 0 unspecified atom stereocenters. The van der Waals surface area contributed by atoms with E-state index in [1.54, 1.807) is 36.4 Å².